The van der Waals surface area contributed by atoms with Crippen molar-refractivity contribution in [2.75, 3.05) is 52.4 Å². The molecular formula is C14H30N4. The second-order valence-electron chi connectivity index (χ2n) is 5.85. The third-order valence-corrected chi connectivity index (χ3v) is 5.09. The van der Waals surface area contributed by atoms with Crippen molar-refractivity contribution in [3.8, 4) is 0 Å². The van der Waals surface area contributed by atoms with Gasteiger partial charge in [0, 0.05) is 31.7 Å². The zero-order chi connectivity index (χ0) is 13.0. The Balaban J connectivity index is 1.84. The minimum absolute atomic E-state index is 0.222. The molecule has 18 heavy (non-hydrogen) atoms. The average molecular weight is 254 g/mol. The van der Waals surface area contributed by atoms with Gasteiger partial charge in [-0.25, -0.2) is 0 Å². The Hall–Kier alpha value is -0.160. The maximum atomic E-state index is 6.11. The first-order chi connectivity index (χ1) is 8.74. The van der Waals surface area contributed by atoms with Crippen molar-refractivity contribution >= 4 is 0 Å². The lowest BCUT2D eigenvalue weighted by Gasteiger charge is -2.43. The van der Waals surface area contributed by atoms with Crippen LogP contribution in [0.3, 0.4) is 0 Å². The van der Waals surface area contributed by atoms with Gasteiger partial charge in [-0.2, -0.15) is 0 Å². The Labute approximate surface area is 112 Å². The largest absolute Gasteiger partial charge is 0.329 e. The molecule has 0 aromatic rings. The van der Waals surface area contributed by atoms with E-state index in [9.17, 15) is 0 Å². The highest BCUT2D eigenvalue weighted by Crippen LogP contribution is 2.34. The smallest absolute Gasteiger partial charge is 0.0357 e. The maximum absolute atomic E-state index is 6.11. The van der Waals surface area contributed by atoms with Crippen molar-refractivity contribution in [1.29, 1.82) is 0 Å². The van der Waals surface area contributed by atoms with Crippen LogP contribution in [0.4, 0.5) is 0 Å². The number of nitrogens with one attached hydrogen (secondary N) is 1. The first-order valence-electron chi connectivity index (χ1n) is 7.64. The lowest BCUT2D eigenvalue weighted by Crippen LogP contribution is -2.61. The summed E-state index contributed by atoms with van der Waals surface area (Å²) in [5.41, 5.74) is 6.33. The summed E-state index contributed by atoms with van der Waals surface area (Å²) >= 11 is 0. The van der Waals surface area contributed by atoms with Gasteiger partial charge in [0.15, 0.2) is 0 Å². The SMILES string of the molecule is CCN(CC)CCNC1(CN)CCN2CCC1C2. The molecule has 2 aliphatic heterocycles. The van der Waals surface area contributed by atoms with E-state index in [0.29, 0.717) is 0 Å². The predicted molar refractivity (Wildman–Crippen MR) is 76.7 cm³/mol. The highest BCUT2D eigenvalue weighted by Gasteiger charge is 2.44. The summed E-state index contributed by atoms with van der Waals surface area (Å²) in [7, 11) is 0. The van der Waals surface area contributed by atoms with Gasteiger partial charge in [-0.3, -0.25) is 0 Å². The van der Waals surface area contributed by atoms with Crippen molar-refractivity contribution in [3.05, 3.63) is 0 Å². The third-order valence-electron chi connectivity index (χ3n) is 5.09. The molecule has 4 nitrogen and oxygen atoms in total. The number of nitrogens with two attached hydrogens (primary N) is 1. The van der Waals surface area contributed by atoms with E-state index in [0.717, 1.165) is 38.6 Å². The van der Waals surface area contributed by atoms with E-state index < -0.39 is 0 Å². The number of hydrogen-bond acceptors (Lipinski definition) is 4. The molecule has 4 heteroatoms. The van der Waals surface area contributed by atoms with E-state index in [1.54, 1.807) is 0 Å². The topological polar surface area (TPSA) is 44.5 Å². The fraction of sp³-hybridized carbons (Fsp3) is 1.00. The van der Waals surface area contributed by atoms with Gasteiger partial charge < -0.3 is 20.9 Å². The molecule has 0 aromatic heterocycles. The number of nitrogens with zero attached hydrogens (tertiary/aromatic N) is 2. The minimum atomic E-state index is 0.222. The predicted octanol–water partition coefficient (Wildman–Crippen LogP) is 0.341. The average Bonchev–Trinajstić information content (AvgIpc) is 2.82. The normalized spacial score (nSPS) is 35.3. The van der Waals surface area contributed by atoms with Crippen LogP contribution in [-0.2, 0) is 0 Å². The standard InChI is InChI=1S/C14H30N4/c1-3-17(4-2)10-7-16-14(12-15)6-9-18-8-5-13(14)11-18/h13,16H,3-12,15H2,1-2H3. The van der Waals surface area contributed by atoms with Crippen molar-refractivity contribution < 1.29 is 0 Å². The van der Waals surface area contributed by atoms with Gasteiger partial charge in [0.2, 0.25) is 0 Å². The summed E-state index contributed by atoms with van der Waals surface area (Å²) in [6.07, 6.45) is 2.56. The summed E-state index contributed by atoms with van der Waals surface area (Å²) in [4.78, 5) is 5.06. The molecule has 0 saturated carbocycles. The summed E-state index contributed by atoms with van der Waals surface area (Å²) < 4.78 is 0. The summed E-state index contributed by atoms with van der Waals surface area (Å²) in [6.45, 7) is 13.5. The van der Waals surface area contributed by atoms with E-state index in [-0.39, 0.29) is 5.54 Å². The quantitative estimate of drug-likeness (QED) is 0.688. The third kappa shape index (κ3) is 2.87. The van der Waals surface area contributed by atoms with Crippen molar-refractivity contribution in [3.63, 3.8) is 0 Å². The van der Waals surface area contributed by atoms with Gasteiger partial charge in [0.25, 0.3) is 0 Å². The number of rotatable bonds is 7. The molecule has 0 amide bonds. The first kappa shape index (κ1) is 14.3. The van der Waals surface area contributed by atoms with Gasteiger partial charge in [-0.15, -0.1) is 0 Å². The Kier molecular flexibility index (Phi) is 5.01. The molecule has 0 aliphatic carbocycles. The molecule has 106 valence electrons. The lowest BCUT2D eigenvalue weighted by molar-refractivity contribution is 0.132. The van der Waals surface area contributed by atoms with Gasteiger partial charge in [-0.1, -0.05) is 13.8 Å². The molecule has 3 N–H and O–H groups in total. The van der Waals surface area contributed by atoms with Crippen LogP contribution >= 0.6 is 0 Å². The van der Waals surface area contributed by atoms with E-state index in [4.69, 9.17) is 5.73 Å². The van der Waals surface area contributed by atoms with E-state index in [1.165, 1.54) is 32.5 Å². The molecule has 0 spiro atoms. The van der Waals surface area contributed by atoms with Crippen LogP contribution in [-0.4, -0.2) is 67.7 Å². The van der Waals surface area contributed by atoms with Crippen LogP contribution in [0, 0.1) is 5.92 Å². The molecule has 3 unspecified atom stereocenters. The van der Waals surface area contributed by atoms with E-state index >= 15 is 0 Å². The number of likely N-dealkylation sites (N-methyl/N-ethyl adjacent to an activating group) is 1. The highest BCUT2D eigenvalue weighted by molar-refractivity contribution is 5.03. The molecule has 2 bridgehead atoms. The van der Waals surface area contributed by atoms with Crippen molar-refractivity contribution in [2.24, 2.45) is 11.7 Å². The monoisotopic (exact) mass is 254 g/mol. The number of fused-ring (bicyclic) bond motifs is 2. The van der Waals surface area contributed by atoms with Crippen LogP contribution < -0.4 is 11.1 Å². The molecular weight excluding hydrogens is 224 g/mol. The van der Waals surface area contributed by atoms with Gasteiger partial charge in [-0.05, 0) is 44.9 Å². The summed E-state index contributed by atoms with van der Waals surface area (Å²) in [5, 5.41) is 3.82. The fourth-order valence-corrected chi connectivity index (χ4v) is 3.62. The molecule has 2 aliphatic rings. The first-order valence-corrected chi connectivity index (χ1v) is 7.64. The van der Waals surface area contributed by atoms with E-state index in [1.807, 2.05) is 0 Å². The second-order valence-corrected chi connectivity index (χ2v) is 5.85. The molecule has 0 radical (unpaired) electrons. The van der Waals surface area contributed by atoms with Crippen LogP contribution in [0.2, 0.25) is 0 Å². The Morgan fingerprint density at radius 2 is 2.11 bits per heavy atom. The Bertz CT molecular complexity index is 254. The van der Waals surface area contributed by atoms with Crippen LogP contribution in [0.1, 0.15) is 26.7 Å². The Morgan fingerprint density at radius 1 is 1.33 bits per heavy atom. The van der Waals surface area contributed by atoms with Crippen molar-refractivity contribution in [2.45, 2.75) is 32.2 Å². The van der Waals surface area contributed by atoms with Crippen LogP contribution in [0.5, 0.6) is 0 Å². The van der Waals surface area contributed by atoms with E-state index in [2.05, 4.69) is 29.0 Å². The van der Waals surface area contributed by atoms with Gasteiger partial charge in [0.05, 0.1) is 0 Å². The molecule has 2 saturated heterocycles. The van der Waals surface area contributed by atoms with Crippen molar-refractivity contribution in [1.82, 2.24) is 15.1 Å². The van der Waals surface area contributed by atoms with Crippen LogP contribution in [0.25, 0.3) is 0 Å². The number of piperidine rings is 1. The Morgan fingerprint density at radius 3 is 2.78 bits per heavy atom. The lowest BCUT2D eigenvalue weighted by atomic mass is 9.78. The zero-order valence-electron chi connectivity index (χ0n) is 12.1. The molecule has 2 rings (SSSR count). The molecule has 3 atom stereocenters. The zero-order valence-corrected chi connectivity index (χ0v) is 12.1. The van der Waals surface area contributed by atoms with Gasteiger partial charge in [0.1, 0.15) is 0 Å². The summed E-state index contributed by atoms with van der Waals surface area (Å²) in [6, 6.07) is 0. The number of hydrogen-bond donors (Lipinski definition) is 2. The minimum Gasteiger partial charge on any atom is -0.329 e. The fourth-order valence-electron chi connectivity index (χ4n) is 3.62. The molecule has 0 aromatic carbocycles. The van der Waals surface area contributed by atoms with Crippen LogP contribution in [0.15, 0.2) is 0 Å². The highest BCUT2D eigenvalue weighted by atomic mass is 15.2. The second kappa shape index (κ2) is 6.33. The molecule has 2 heterocycles. The maximum Gasteiger partial charge on any atom is 0.0357 e. The van der Waals surface area contributed by atoms with Gasteiger partial charge >= 0.3 is 0 Å². The molecule has 2 fully saturated rings. The summed E-state index contributed by atoms with van der Waals surface area (Å²) in [5.74, 6) is 0.771.